The predicted octanol–water partition coefficient (Wildman–Crippen LogP) is 6.90. The summed E-state index contributed by atoms with van der Waals surface area (Å²) < 4.78 is 89.6. The van der Waals surface area contributed by atoms with Crippen molar-refractivity contribution in [2.75, 3.05) is 13.2 Å². The first-order valence-electron chi connectivity index (χ1n) is 10.5. The average molecular weight is 440 g/mol. The number of hydrogen-bond donors (Lipinski definition) is 0. The van der Waals surface area contributed by atoms with Gasteiger partial charge in [-0.3, -0.25) is 4.74 Å². The van der Waals surface area contributed by atoms with Gasteiger partial charge in [0.15, 0.2) is 0 Å². The molecule has 0 fully saturated rings. The zero-order valence-corrected chi connectivity index (χ0v) is 17.9. The zero-order valence-electron chi connectivity index (χ0n) is 17.9. The van der Waals surface area contributed by atoms with E-state index in [0.717, 1.165) is 12.8 Å². The Morgan fingerprint density at radius 2 is 1.37 bits per heavy atom. The van der Waals surface area contributed by atoms with Crippen molar-refractivity contribution in [3.63, 3.8) is 0 Å². The van der Waals surface area contributed by atoms with Crippen molar-refractivity contribution in [1.29, 1.82) is 0 Å². The first-order chi connectivity index (χ1) is 14.1. The Balaban J connectivity index is 3.12. The van der Waals surface area contributed by atoms with Gasteiger partial charge < -0.3 is 9.47 Å². The number of halogens is 5. The van der Waals surface area contributed by atoms with Gasteiger partial charge in [0.05, 0.1) is 0 Å². The van der Waals surface area contributed by atoms with Crippen LogP contribution in [0.2, 0.25) is 0 Å². The van der Waals surface area contributed by atoms with E-state index in [1.54, 1.807) is 6.07 Å². The lowest BCUT2D eigenvalue weighted by molar-refractivity contribution is -0.419. The number of unbranched alkanes of at least 4 members (excludes halogenated alkanes) is 4. The summed E-state index contributed by atoms with van der Waals surface area (Å²) in [6.45, 7) is 3.09. The quantitative estimate of drug-likeness (QED) is 0.159. The molecule has 0 saturated heterocycles. The summed E-state index contributed by atoms with van der Waals surface area (Å²) in [6, 6.07) is 7.35. The third-order valence-electron chi connectivity index (χ3n) is 4.69. The summed E-state index contributed by atoms with van der Waals surface area (Å²) >= 11 is 0. The zero-order chi connectivity index (χ0) is 22.7. The Kier molecular flexibility index (Phi) is 11.2. The summed E-state index contributed by atoms with van der Waals surface area (Å²) in [4.78, 5) is 0. The topological polar surface area (TPSA) is 27.7 Å². The molecule has 174 valence electrons. The Hall–Kier alpha value is -1.25. The molecule has 1 aromatic carbocycles. The highest BCUT2D eigenvalue weighted by Crippen LogP contribution is 2.49. The molecule has 0 saturated carbocycles. The molecule has 8 heteroatoms. The fourth-order valence-electron chi connectivity index (χ4n) is 3.01. The van der Waals surface area contributed by atoms with Crippen molar-refractivity contribution in [1.82, 2.24) is 0 Å². The fourth-order valence-corrected chi connectivity index (χ4v) is 3.01. The van der Waals surface area contributed by atoms with Crippen LogP contribution in [0, 0.1) is 0 Å². The van der Waals surface area contributed by atoms with Crippen LogP contribution in [0.3, 0.4) is 0 Å². The highest BCUT2D eigenvalue weighted by atomic mass is 19.3. The Labute approximate surface area is 175 Å². The molecule has 30 heavy (non-hydrogen) atoms. The number of alkyl halides is 5. The van der Waals surface area contributed by atoms with Crippen LogP contribution in [0.4, 0.5) is 22.0 Å². The van der Waals surface area contributed by atoms with Crippen molar-refractivity contribution in [3.05, 3.63) is 35.9 Å². The SMILES string of the molecule is CCCCCCCC(F)(F)C(F)(F)C(F)(Cc1ccccc1)OC(OCC)OCC. The highest BCUT2D eigenvalue weighted by molar-refractivity contribution is 5.18. The Bertz CT molecular complexity index is 579. The van der Waals surface area contributed by atoms with E-state index in [2.05, 4.69) is 0 Å². The molecule has 0 spiro atoms. The van der Waals surface area contributed by atoms with E-state index in [9.17, 15) is 17.6 Å². The van der Waals surface area contributed by atoms with Crippen LogP contribution in [0.25, 0.3) is 0 Å². The summed E-state index contributed by atoms with van der Waals surface area (Å²) in [5, 5.41) is 0. The molecular formula is C22H33F5O3. The van der Waals surface area contributed by atoms with Crippen LogP contribution in [0.5, 0.6) is 0 Å². The molecule has 0 bridgehead atoms. The molecule has 0 radical (unpaired) electrons. The first kappa shape index (κ1) is 26.8. The van der Waals surface area contributed by atoms with Crippen molar-refractivity contribution in [3.8, 4) is 0 Å². The summed E-state index contributed by atoms with van der Waals surface area (Å²) in [6.07, 6.45) is 0.404. The highest BCUT2D eigenvalue weighted by Gasteiger charge is 2.71. The second kappa shape index (κ2) is 12.6. The van der Waals surface area contributed by atoms with E-state index >= 15 is 4.39 Å². The standard InChI is InChI=1S/C22H33F5O3/c1-4-7-8-9-13-16-20(23,24)22(26,27)21(25,17-18-14-11-10-12-15-18)30-19(28-5-2)29-6-3/h10-12,14-15,19H,4-9,13,16-17H2,1-3H3. The van der Waals surface area contributed by atoms with Gasteiger partial charge in [-0.1, -0.05) is 62.9 Å². The van der Waals surface area contributed by atoms with Gasteiger partial charge in [-0.05, 0) is 25.8 Å². The maximum atomic E-state index is 15.7. The Morgan fingerprint density at radius 3 is 1.90 bits per heavy atom. The second-order valence-electron chi connectivity index (χ2n) is 7.15. The largest absolute Gasteiger partial charge is 0.367 e. The lowest BCUT2D eigenvalue weighted by Crippen LogP contribution is -2.60. The van der Waals surface area contributed by atoms with Crippen LogP contribution in [0.15, 0.2) is 30.3 Å². The minimum atomic E-state index is -5.10. The summed E-state index contributed by atoms with van der Waals surface area (Å²) in [5.74, 6) is -13.7. The van der Waals surface area contributed by atoms with Gasteiger partial charge in [-0.25, -0.2) is 4.39 Å². The van der Waals surface area contributed by atoms with Crippen molar-refractivity contribution >= 4 is 0 Å². The van der Waals surface area contributed by atoms with Crippen LogP contribution in [-0.2, 0) is 20.6 Å². The Morgan fingerprint density at radius 1 is 0.800 bits per heavy atom. The van der Waals surface area contributed by atoms with Crippen molar-refractivity contribution in [2.24, 2.45) is 0 Å². The molecular weight excluding hydrogens is 407 g/mol. The van der Waals surface area contributed by atoms with Crippen LogP contribution >= 0.6 is 0 Å². The van der Waals surface area contributed by atoms with E-state index in [0.29, 0.717) is 12.8 Å². The minimum Gasteiger partial charge on any atom is -0.330 e. The molecule has 3 nitrogen and oxygen atoms in total. The van der Waals surface area contributed by atoms with Crippen LogP contribution < -0.4 is 0 Å². The molecule has 0 N–H and O–H groups in total. The molecule has 1 atom stereocenters. The van der Waals surface area contributed by atoms with Gasteiger partial charge in [0.25, 0.3) is 12.3 Å². The molecule has 0 aromatic heterocycles. The minimum absolute atomic E-state index is 0.0362. The molecule has 0 aliphatic rings. The predicted molar refractivity (Wildman–Crippen MR) is 105 cm³/mol. The van der Waals surface area contributed by atoms with E-state index < -0.39 is 37.0 Å². The van der Waals surface area contributed by atoms with Crippen molar-refractivity contribution in [2.45, 2.75) is 89.9 Å². The summed E-state index contributed by atoms with van der Waals surface area (Å²) in [7, 11) is 0. The van der Waals surface area contributed by atoms with Gasteiger partial charge in [-0.15, -0.1) is 0 Å². The van der Waals surface area contributed by atoms with Gasteiger partial charge in [-0.2, -0.15) is 17.6 Å². The van der Waals surface area contributed by atoms with E-state index in [4.69, 9.17) is 14.2 Å². The third-order valence-corrected chi connectivity index (χ3v) is 4.69. The third kappa shape index (κ3) is 7.46. The van der Waals surface area contributed by atoms with Crippen LogP contribution in [-0.4, -0.2) is 37.4 Å². The van der Waals surface area contributed by atoms with Gasteiger partial charge in [0.2, 0.25) is 0 Å². The van der Waals surface area contributed by atoms with Gasteiger partial charge >= 0.3 is 11.8 Å². The molecule has 0 amide bonds. The van der Waals surface area contributed by atoms with Crippen LogP contribution in [0.1, 0.15) is 64.9 Å². The number of benzene rings is 1. The summed E-state index contributed by atoms with van der Waals surface area (Å²) in [5.41, 5.74) is 0.0881. The van der Waals surface area contributed by atoms with E-state index in [1.807, 2.05) is 6.92 Å². The monoisotopic (exact) mass is 440 g/mol. The first-order valence-corrected chi connectivity index (χ1v) is 10.5. The lowest BCUT2D eigenvalue weighted by Gasteiger charge is -2.39. The molecule has 0 heterocycles. The number of ether oxygens (including phenoxy) is 3. The smallest absolute Gasteiger partial charge is 0.330 e. The molecule has 1 rings (SSSR count). The number of rotatable bonds is 16. The fraction of sp³-hybridized carbons (Fsp3) is 0.727. The van der Waals surface area contributed by atoms with Gasteiger partial charge in [0.1, 0.15) is 0 Å². The molecule has 1 unspecified atom stereocenters. The molecule has 0 aliphatic carbocycles. The lowest BCUT2D eigenvalue weighted by atomic mass is 9.93. The van der Waals surface area contributed by atoms with E-state index in [1.165, 1.54) is 38.1 Å². The molecule has 1 aromatic rings. The maximum Gasteiger partial charge on any atom is 0.367 e. The second-order valence-corrected chi connectivity index (χ2v) is 7.15. The average Bonchev–Trinajstić information content (AvgIpc) is 2.68. The number of hydrogen-bond acceptors (Lipinski definition) is 3. The van der Waals surface area contributed by atoms with Crippen molar-refractivity contribution < 1.29 is 36.2 Å². The van der Waals surface area contributed by atoms with E-state index in [-0.39, 0.29) is 25.2 Å². The molecule has 0 aliphatic heterocycles. The normalized spacial score (nSPS) is 14.8. The van der Waals surface area contributed by atoms with Gasteiger partial charge in [0, 0.05) is 26.1 Å². The maximum absolute atomic E-state index is 15.7.